The third kappa shape index (κ3) is 4.65. The highest BCUT2D eigenvalue weighted by Crippen LogP contribution is 2.27. The van der Waals surface area contributed by atoms with Crippen LogP contribution in [0.3, 0.4) is 0 Å². The van der Waals surface area contributed by atoms with Crippen molar-refractivity contribution in [2.24, 2.45) is 0 Å². The first-order chi connectivity index (χ1) is 14.2. The van der Waals surface area contributed by atoms with Crippen molar-refractivity contribution in [1.82, 2.24) is 14.9 Å². The summed E-state index contributed by atoms with van der Waals surface area (Å²) < 4.78 is 10.9. The number of carbonyl (C=O) groups is 1. The van der Waals surface area contributed by atoms with Gasteiger partial charge in [-0.3, -0.25) is 14.6 Å². The van der Waals surface area contributed by atoms with Gasteiger partial charge in [-0.25, -0.2) is 4.98 Å². The fraction of sp³-hybridized carbons (Fsp3) is 0.476. The predicted molar refractivity (Wildman–Crippen MR) is 111 cm³/mol. The maximum absolute atomic E-state index is 13.1. The van der Waals surface area contributed by atoms with Crippen molar-refractivity contribution in [3.05, 3.63) is 41.6 Å². The van der Waals surface area contributed by atoms with Crippen molar-refractivity contribution in [2.45, 2.75) is 13.3 Å². The number of carbonyl (C=O) groups excluding carboxylic acids is 1. The van der Waals surface area contributed by atoms with Gasteiger partial charge in [-0.1, -0.05) is 0 Å². The maximum atomic E-state index is 13.1. The van der Waals surface area contributed by atoms with Gasteiger partial charge in [0.1, 0.15) is 11.6 Å². The van der Waals surface area contributed by atoms with Gasteiger partial charge < -0.3 is 14.8 Å². The standard InChI is InChI=1S/C21H27N5O3/c1-2-26(20(27)17-3-4-18-16(15-17)6-12-29-18)19-5-7-22-21(24-19)23-8-9-25-10-13-28-14-11-25/h3-5,7,15H,2,6,8-14H2,1H3,(H,22,23,24). The van der Waals surface area contributed by atoms with Crippen molar-refractivity contribution in [2.75, 3.05) is 62.8 Å². The molecule has 1 N–H and O–H groups in total. The Kier molecular flexibility index (Phi) is 6.21. The molecule has 3 heterocycles. The maximum Gasteiger partial charge on any atom is 0.259 e. The van der Waals surface area contributed by atoms with E-state index in [1.165, 1.54) is 0 Å². The van der Waals surface area contributed by atoms with Crippen molar-refractivity contribution < 1.29 is 14.3 Å². The molecule has 0 saturated carbocycles. The van der Waals surface area contributed by atoms with Crippen molar-refractivity contribution in [3.63, 3.8) is 0 Å². The number of anilines is 2. The normalized spacial score (nSPS) is 16.2. The number of rotatable bonds is 7. The van der Waals surface area contributed by atoms with E-state index in [4.69, 9.17) is 9.47 Å². The average Bonchev–Trinajstić information content (AvgIpc) is 3.23. The fourth-order valence-corrected chi connectivity index (χ4v) is 3.62. The Morgan fingerprint density at radius 3 is 2.93 bits per heavy atom. The first-order valence-electron chi connectivity index (χ1n) is 10.2. The highest BCUT2D eigenvalue weighted by atomic mass is 16.5. The number of nitrogens with zero attached hydrogens (tertiary/aromatic N) is 4. The van der Waals surface area contributed by atoms with Gasteiger partial charge in [0.2, 0.25) is 5.95 Å². The molecule has 1 fully saturated rings. The zero-order chi connectivity index (χ0) is 20.1. The smallest absolute Gasteiger partial charge is 0.259 e. The molecule has 0 aliphatic carbocycles. The molecule has 0 spiro atoms. The van der Waals surface area contributed by atoms with Crippen LogP contribution >= 0.6 is 0 Å². The van der Waals surface area contributed by atoms with E-state index in [1.54, 1.807) is 17.2 Å². The molecular formula is C21H27N5O3. The second-order valence-electron chi connectivity index (χ2n) is 7.09. The summed E-state index contributed by atoms with van der Waals surface area (Å²) >= 11 is 0. The Morgan fingerprint density at radius 2 is 2.10 bits per heavy atom. The highest BCUT2D eigenvalue weighted by Gasteiger charge is 2.21. The molecule has 1 aromatic carbocycles. The minimum absolute atomic E-state index is 0.0693. The number of hydrogen-bond donors (Lipinski definition) is 1. The van der Waals surface area contributed by atoms with Gasteiger partial charge in [-0.2, -0.15) is 4.98 Å². The van der Waals surface area contributed by atoms with E-state index in [-0.39, 0.29) is 5.91 Å². The molecule has 8 nitrogen and oxygen atoms in total. The average molecular weight is 397 g/mol. The molecule has 1 aromatic heterocycles. The molecule has 1 saturated heterocycles. The van der Waals surface area contributed by atoms with Crippen LogP contribution in [0.15, 0.2) is 30.5 Å². The van der Waals surface area contributed by atoms with Crippen LogP contribution < -0.4 is 15.0 Å². The number of aromatic nitrogens is 2. The Hall–Kier alpha value is -2.71. The van der Waals surface area contributed by atoms with E-state index < -0.39 is 0 Å². The van der Waals surface area contributed by atoms with Gasteiger partial charge in [-0.15, -0.1) is 0 Å². The molecule has 29 heavy (non-hydrogen) atoms. The van der Waals surface area contributed by atoms with E-state index in [1.807, 2.05) is 25.1 Å². The zero-order valence-corrected chi connectivity index (χ0v) is 16.8. The lowest BCUT2D eigenvalue weighted by atomic mass is 10.1. The minimum atomic E-state index is -0.0693. The van der Waals surface area contributed by atoms with Crippen LogP contribution in [0.4, 0.5) is 11.8 Å². The van der Waals surface area contributed by atoms with E-state index in [9.17, 15) is 4.79 Å². The van der Waals surface area contributed by atoms with Crippen molar-refractivity contribution in [1.29, 1.82) is 0 Å². The lowest BCUT2D eigenvalue weighted by Crippen LogP contribution is -2.39. The van der Waals surface area contributed by atoms with E-state index in [0.717, 1.165) is 57.1 Å². The molecular weight excluding hydrogens is 370 g/mol. The number of benzene rings is 1. The summed E-state index contributed by atoms with van der Waals surface area (Å²) in [5, 5.41) is 3.26. The number of nitrogens with one attached hydrogen (secondary N) is 1. The molecule has 0 atom stereocenters. The van der Waals surface area contributed by atoms with Crippen molar-refractivity contribution >= 4 is 17.7 Å². The van der Waals surface area contributed by atoms with Crippen molar-refractivity contribution in [3.8, 4) is 5.75 Å². The SMILES string of the molecule is CCN(C(=O)c1ccc2c(c1)CCO2)c1ccnc(NCCN2CCOCC2)n1. The van der Waals surface area contributed by atoms with Crippen LogP contribution in [0.2, 0.25) is 0 Å². The molecule has 2 aromatic rings. The monoisotopic (exact) mass is 397 g/mol. The summed E-state index contributed by atoms with van der Waals surface area (Å²) in [4.78, 5) is 26.0. The Morgan fingerprint density at radius 1 is 1.24 bits per heavy atom. The molecule has 2 aliphatic rings. The summed E-state index contributed by atoms with van der Waals surface area (Å²) in [6, 6.07) is 7.39. The molecule has 8 heteroatoms. The van der Waals surface area contributed by atoms with Crippen LogP contribution in [-0.2, 0) is 11.2 Å². The summed E-state index contributed by atoms with van der Waals surface area (Å²) in [6.45, 7) is 8.27. The van der Waals surface area contributed by atoms with Crippen LogP contribution in [0.25, 0.3) is 0 Å². The van der Waals surface area contributed by atoms with Gasteiger partial charge >= 0.3 is 0 Å². The van der Waals surface area contributed by atoms with E-state index in [2.05, 4.69) is 20.2 Å². The summed E-state index contributed by atoms with van der Waals surface area (Å²) in [7, 11) is 0. The van der Waals surface area contributed by atoms with E-state index in [0.29, 0.717) is 30.5 Å². The lowest BCUT2D eigenvalue weighted by Gasteiger charge is -2.26. The predicted octanol–water partition coefficient (Wildman–Crippen LogP) is 1.82. The number of ether oxygens (including phenoxy) is 2. The Bertz CT molecular complexity index is 854. The topological polar surface area (TPSA) is 79.8 Å². The molecule has 4 rings (SSSR count). The van der Waals surface area contributed by atoms with Gasteiger partial charge in [0.25, 0.3) is 5.91 Å². The fourth-order valence-electron chi connectivity index (χ4n) is 3.62. The van der Waals surface area contributed by atoms with Crippen LogP contribution in [0.5, 0.6) is 5.75 Å². The number of amides is 1. The second-order valence-corrected chi connectivity index (χ2v) is 7.09. The first-order valence-corrected chi connectivity index (χ1v) is 10.2. The van der Waals surface area contributed by atoms with Gasteiger partial charge in [-0.05, 0) is 36.8 Å². The number of hydrogen-bond acceptors (Lipinski definition) is 7. The van der Waals surface area contributed by atoms with Gasteiger partial charge in [0, 0.05) is 50.9 Å². The molecule has 2 aliphatic heterocycles. The third-order valence-electron chi connectivity index (χ3n) is 5.23. The third-order valence-corrected chi connectivity index (χ3v) is 5.23. The zero-order valence-electron chi connectivity index (χ0n) is 16.8. The quantitative estimate of drug-likeness (QED) is 0.763. The van der Waals surface area contributed by atoms with Crippen LogP contribution in [0.1, 0.15) is 22.8 Å². The van der Waals surface area contributed by atoms with Crippen LogP contribution in [-0.4, -0.2) is 73.3 Å². The highest BCUT2D eigenvalue weighted by molar-refractivity contribution is 6.05. The van der Waals surface area contributed by atoms with Crippen LogP contribution in [0, 0.1) is 0 Å². The van der Waals surface area contributed by atoms with Gasteiger partial charge in [0.15, 0.2) is 0 Å². The summed E-state index contributed by atoms with van der Waals surface area (Å²) in [5.41, 5.74) is 1.73. The Labute approximate surface area is 170 Å². The van der Waals surface area contributed by atoms with E-state index >= 15 is 0 Å². The molecule has 1 amide bonds. The Balaban J connectivity index is 1.41. The minimum Gasteiger partial charge on any atom is -0.493 e. The van der Waals surface area contributed by atoms with Gasteiger partial charge in [0.05, 0.1) is 19.8 Å². The molecule has 154 valence electrons. The molecule has 0 bridgehead atoms. The second kappa shape index (κ2) is 9.19. The molecule has 0 radical (unpaired) electrons. The first kappa shape index (κ1) is 19.6. The lowest BCUT2D eigenvalue weighted by molar-refractivity contribution is 0.0398. The number of morpholine rings is 1. The molecule has 0 unspecified atom stereocenters. The largest absolute Gasteiger partial charge is 0.493 e. The summed E-state index contributed by atoms with van der Waals surface area (Å²) in [6.07, 6.45) is 2.53. The summed E-state index contributed by atoms with van der Waals surface area (Å²) in [5.74, 6) is 1.93. The number of fused-ring (bicyclic) bond motifs is 1.